The van der Waals surface area contributed by atoms with Crippen molar-refractivity contribution in [2.24, 2.45) is 5.10 Å². The van der Waals surface area contributed by atoms with Gasteiger partial charge in [0.05, 0.1) is 5.71 Å². The van der Waals surface area contributed by atoms with Crippen LogP contribution in [0.3, 0.4) is 0 Å². The van der Waals surface area contributed by atoms with E-state index in [9.17, 15) is 4.79 Å². The first-order valence-electron chi connectivity index (χ1n) is 6.58. The highest BCUT2D eigenvalue weighted by Crippen LogP contribution is 2.05. The SMILES string of the molecule is CC(/C=C/c1ccccc1)=N/NC(=O)c1ccc(N)cc1. The van der Waals surface area contributed by atoms with E-state index in [1.165, 1.54) is 0 Å². The summed E-state index contributed by atoms with van der Waals surface area (Å²) in [5, 5.41) is 4.04. The van der Waals surface area contributed by atoms with Gasteiger partial charge in [-0.05, 0) is 42.8 Å². The van der Waals surface area contributed by atoms with Crippen LogP contribution in [-0.2, 0) is 0 Å². The van der Waals surface area contributed by atoms with Crippen LogP contribution in [0.1, 0.15) is 22.8 Å². The molecule has 0 aliphatic heterocycles. The molecular formula is C17H17N3O. The molecule has 2 aromatic rings. The number of nitrogen functional groups attached to an aromatic ring is 1. The Hall–Kier alpha value is -2.88. The minimum absolute atomic E-state index is 0.262. The second-order valence-electron chi connectivity index (χ2n) is 4.56. The number of hydrogen-bond acceptors (Lipinski definition) is 3. The normalized spacial score (nSPS) is 11.6. The van der Waals surface area contributed by atoms with Crippen LogP contribution in [0.2, 0.25) is 0 Å². The van der Waals surface area contributed by atoms with E-state index in [2.05, 4.69) is 10.5 Å². The van der Waals surface area contributed by atoms with E-state index in [1.54, 1.807) is 24.3 Å². The Kier molecular flexibility index (Phi) is 4.88. The van der Waals surface area contributed by atoms with Crippen molar-refractivity contribution in [1.29, 1.82) is 0 Å². The minimum atomic E-state index is -0.262. The van der Waals surface area contributed by atoms with Gasteiger partial charge in [0, 0.05) is 11.3 Å². The van der Waals surface area contributed by atoms with Gasteiger partial charge in [0.2, 0.25) is 0 Å². The summed E-state index contributed by atoms with van der Waals surface area (Å²) >= 11 is 0. The molecule has 0 heterocycles. The Morgan fingerprint density at radius 2 is 1.76 bits per heavy atom. The summed E-state index contributed by atoms with van der Waals surface area (Å²) in [7, 11) is 0. The molecule has 1 amide bonds. The number of nitrogens with two attached hydrogens (primary N) is 1. The molecule has 0 aliphatic rings. The fourth-order valence-electron chi connectivity index (χ4n) is 1.66. The third kappa shape index (κ3) is 4.62. The zero-order chi connectivity index (χ0) is 15.1. The van der Waals surface area contributed by atoms with Crippen LogP contribution >= 0.6 is 0 Å². The maximum Gasteiger partial charge on any atom is 0.271 e. The summed E-state index contributed by atoms with van der Waals surface area (Å²) in [6.07, 6.45) is 3.78. The summed E-state index contributed by atoms with van der Waals surface area (Å²) in [5.41, 5.74) is 11.0. The monoisotopic (exact) mass is 279 g/mol. The molecule has 21 heavy (non-hydrogen) atoms. The van der Waals surface area contributed by atoms with Crippen LogP contribution in [0.4, 0.5) is 5.69 Å². The van der Waals surface area contributed by atoms with Crippen molar-refractivity contribution in [3.05, 3.63) is 71.8 Å². The molecule has 4 nitrogen and oxygen atoms in total. The number of carbonyl (C=O) groups excluding carboxylic acids is 1. The molecule has 0 spiro atoms. The number of nitrogens with one attached hydrogen (secondary N) is 1. The van der Waals surface area contributed by atoms with Gasteiger partial charge in [0.1, 0.15) is 0 Å². The van der Waals surface area contributed by atoms with E-state index in [1.807, 2.05) is 49.4 Å². The summed E-state index contributed by atoms with van der Waals surface area (Å²) < 4.78 is 0. The summed E-state index contributed by atoms with van der Waals surface area (Å²) in [4.78, 5) is 11.9. The van der Waals surface area contributed by atoms with Crippen molar-refractivity contribution in [1.82, 2.24) is 5.43 Å². The van der Waals surface area contributed by atoms with E-state index in [0.717, 1.165) is 5.56 Å². The fraction of sp³-hybridized carbons (Fsp3) is 0.0588. The number of amides is 1. The largest absolute Gasteiger partial charge is 0.399 e. The van der Waals surface area contributed by atoms with Gasteiger partial charge in [-0.3, -0.25) is 4.79 Å². The molecule has 0 fully saturated rings. The van der Waals surface area contributed by atoms with Crippen molar-refractivity contribution in [3.8, 4) is 0 Å². The van der Waals surface area contributed by atoms with Crippen LogP contribution in [-0.4, -0.2) is 11.6 Å². The Bertz CT molecular complexity index is 658. The summed E-state index contributed by atoms with van der Waals surface area (Å²) in [6.45, 7) is 1.82. The highest BCUT2D eigenvalue weighted by atomic mass is 16.2. The van der Waals surface area contributed by atoms with Crippen molar-refractivity contribution in [2.45, 2.75) is 6.92 Å². The number of hydrazone groups is 1. The molecule has 0 radical (unpaired) electrons. The van der Waals surface area contributed by atoms with E-state index >= 15 is 0 Å². The molecule has 2 aromatic carbocycles. The van der Waals surface area contributed by atoms with E-state index < -0.39 is 0 Å². The molecule has 0 unspecified atom stereocenters. The first-order valence-corrected chi connectivity index (χ1v) is 6.58. The Balaban J connectivity index is 1.95. The van der Waals surface area contributed by atoms with E-state index in [0.29, 0.717) is 17.0 Å². The number of allylic oxidation sites excluding steroid dienone is 1. The summed E-state index contributed by atoms with van der Waals surface area (Å²) in [6, 6.07) is 16.6. The first-order chi connectivity index (χ1) is 10.1. The van der Waals surface area contributed by atoms with Gasteiger partial charge >= 0.3 is 0 Å². The average Bonchev–Trinajstić information content (AvgIpc) is 2.52. The molecule has 3 N–H and O–H groups in total. The van der Waals surface area contributed by atoms with Gasteiger partial charge in [0.15, 0.2) is 0 Å². The number of rotatable bonds is 4. The smallest absolute Gasteiger partial charge is 0.271 e. The van der Waals surface area contributed by atoms with E-state index in [-0.39, 0.29) is 5.91 Å². The lowest BCUT2D eigenvalue weighted by Crippen LogP contribution is -2.18. The van der Waals surface area contributed by atoms with Crippen molar-refractivity contribution >= 4 is 23.4 Å². The lowest BCUT2D eigenvalue weighted by atomic mass is 10.2. The Labute approximate surface area is 124 Å². The van der Waals surface area contributed by atoms with Crippen molar-refractivity contribution < 1.29 is 4.79 Å². The predicted molar refractivity (Wildman–Crippen MR) is 86.9 cm³/mol. The molecule has 106 valence electrons. The zero-order valence-corrected chi connectivity index (χ0v) is 11.8. The fourth-order valence-corrected chi connectivity index (χ4v) is 1.66. The highest BCUT2D eigenvalue weighted by molar-refractivity contribution is 5.99. The van der Waals surface area contributed by atoms with Gasteiger partial charge in [-0.15, -0.1) is 0 Å². The van der Waals surface area contributed by atoms with Crippen LogP contribution in [0, 0.1) is 0 Å². The van der Waals surface area contributed by atoms with Gasteiger partial charge in [0.25, 0.3) is 5.91 Å². The molecule has 0 aromatic heterocycles. The van der Waals surface area contributed by atoms with Crippen LogP contribution in [0.25, 0.3) is 6.08 Å². The number of hydrogen-bond donors (Lipinski definition) is 2. The molecule has 0 aliphatic carbocycles. The predicted octanol–water partition coefficient (Wildman–Crippen LogP) is 3.09. The molecule has 0 saturated heterocycles. The van der Waals surface area contributed by atoms with Crippen LogP contribution in [0.15, 0.2) is 65.8 Å². The lowest BCUT2D eigenvalue weighted by molar-refractivity contribution is 0.0955. The molecule has 0 saturated carbocycles. The van der Waals surface area contributed by atoms with Gasteiger partial charge in [-0.1, -0.05) is 36.4 Å². The van der Waals surface area contributed by atoms with Crippen LogP contribution < -0.4 is 11.2 Å². The topological polar surface area (TPSA) is 67.5 Å². The standard InChI is InChI=1S/C17H17N3O/c1-13(7-8-14-5-3-2-4-6-14)19-20-17(21)15-9-11-16(18)12-10-15/h2-12H,18H2,1H3,(H,20,21)/b8-7+,19-13-. The lowest BCUT2D eigenvalue weighted by Gasteiger charge is -2.01. The van der Waals surface area contributed by atoms with Gasteiger partial charge in [-0.25, -0.2) is 5.43 Å². The zero-order valence-electron chi connectivity index (χ0n) is 11.8. The van der Waals surface area contributed by atoms with Gasteiger partial charge in [-0.2, -0.15) is 5.10 Å². The van der Waals surface area contributed by atoms with Crippen molar-refractivity contribution in [3.63, 3.8) is 0 Å². The Morgan fingerprint density at radius 3 is 2.43 bits per heavy atom. The Morgan fingerprint density at radius 1 is 1.10 bits per heavy atom. The number of anilines is 1. The van der Waals surface area contributed by atoms with E-state index in [4.69, 9.17) is 5.73 Å². The van der Waals surface area contributed by atoms with Gasteiger partial charge < -0.3 is 5.73 Å². The average molecular weight is 279 g/mol. The number of carbonyl (C=O) groups is 1. The molecular weight excluding hydrogens is 262 g/mol. The molecule has 0 bridgehead atoms. The second-order valence-corrected chi connectivity index (χ2v) is 4.56. The molecule has 4 heteroatoms. The molecule has 0 atom stereocenters. The van der Waals surface area contributed by atoms with Crippen molar-refractivity contribution in [2.75, 3.05) is 5.73 Å². The maximum atomic E-state index is 11.9. The first kappa shape index (κ1) is 14.5. The number of benzene rings is 2. The quantitative estimate of drug-likeness (QED) is 0.513. The third-order valence-corrected chi connectivity index (χ3v) is 2.82. The van der Waals surface area contributed by atoms with Crippen LogP contribution in [0.5, 0.6) is 0 Å². The molecule has 2 rings (SSSR count). The highest BCUT2D eigenvalue weighted by Gasteiger charge is 2.02. The minimum Gasteiger partial charge on any atom is -0.399 e. The third-order valence-electron chi connectivity index (χ3n) is 2.82. The number of nitrogens with zero attached hydrogens (tertiary/aromatic N) is 1. The maximum absolute atomic E-state index is 11.9. The summed E-state index contributed by atoms with van der Waals surface area (Å²) in [5.74, 6) is -0.262. The second kappa shape index (κ2) is 7.05.